The first kappa shape index (κ1) is 10.7. The largest absolute Gasteiger partial charge is 0 e. The van der Waals surface area contributed by atoms with Gasteiger partial charge in [-0.25, -0.2) is 0 Å². The smallest absolute Gasteiger partial charge is 0 e. The van der Waals surface area contributed by atoms with Crippen molar-refractivity contribution < 1.29 is 34.3 Å². The molecule has 0 atom stereocenters. The minimum atomic E-state index is -4.66. The van der Waals surface area contributed by atoms with Crippen LogP contribution in [0.3, 0.4) is 0 Å². The van der Waals surface area contributed by atoms with E-state index in [9.17, 15) is 0 Å². The summed E-state index contributed by atoms with van der Waals surface area (Å²) in [5, 5.41) is 0. The third-order valence-electron chi connectivity index (χ3n) is 0. The third-order valence-corrected chi connectivity index (χ3v) is 0. The summed E-state index contributed by atoms with van der Waals surface area (Å²) in [6.45, 7) is 0. The Labute approximate surface area is 64.5 Å². The van der Waals surface area contributed by atoms with Crippen molar-refractivity contribution >= 4 is 31.0 Å². The van der Waals surface area contributed by atoms with Gasteiger partial charge in [0, 0.05) is 22.4 Å². The van der Waals surface area contributed by atoms with Gasteiger partial charge in [0.2, 0.25) is 0 Å². The van der Waals surface area contributed by atoms with Crippen LogP contribution in [0.25, 0.3) is 0 Å². The average molecular weight is 358 g/mol. The zero-order valence-corrected chi connectivity index (χ0v) is 7.87. The van der Waals surface area contributed by atoms with E-state index in [1.807, 2.05) is 0 Å². The first-order valence-electron chi connectivity index (χ1n) is 0.717. The Morgan fingerprint density at radius 3 is 1.50 bits per heavy atom. The average Bonchev–Trinajstić information content (AvgIpc) is 0.722. The van der Waals surface area contributed by atoms with Gasteiger partial charge in [0.25, 0.3) is 0 Å². The van der Waals surface area contributed by atoms with Crippen molar-refractivity contribution in [2.45, 2.75) is 0 Å². The molecule has 1 radical (unpaired) electrons. The second-order valence-electron chi connectivity index (χ2n) is 0.431. The van der Waals surface area contributed by atoms with Crippen LogP contribution in [0.1, 0.15) is 0 Å². The standard InChI is InChI=1S/Ag.AsH2IO3/c;2-1(3,4)5/h;(H2,3,4,5)/p-2. The Hall–Kier alpha value is 1.75. The van der Waals surface area contributed by atoms with Gasteiger partial charge in [0.05, 0.1) is 0 Å². The molecule has 3 nitrogen and oxygen atoms in total. The Morgan fingerprint density at radius 2 is 1.50 bits per heavy atom. The fourth-order valence-corrected chi connectivity index (χ4v) is 0. The minimum Gasteiger partial charge on any atom is 0 e. The summed E-state index contributed by atoms with van der Waals surface area (Å²) in [5.74, 6) is 0. The molecule has 0 heterocycles. The molecular weight excluding hydrogens is 358 g/mol. The predicted molar refractivity (Wildman–Crippen MR) is 20.5 cm³/mol. The van der Waals surface area contributed by atoms with Gasteiger partial charge in [-0.2, -0.15) is 0 Å². The molecule has 0 aromatic carbocycles. The molecule has 0 aliphatic carbocycles. The van der Waals surface area contributed by atoms with Crippen molar-refractivity contribution in [2.75, 3.05) is 0 Å². The fourth-order valence-electron chi connectivity index (χ4n) is 0. The molecule has 43 valence electrons. The Balaban J connectivity index is 0. The Kier molecular flexibility index (Phi) is 6.61. The van der Waals surface area contributed by atoms with Crippen LogP contribution in [0.4, 0.5) is 0 Å². The predicted octanol–water partition coefficient (Wildman–Crippen LogP) is -1.99. The van der Waals surface area contributed by atoms with Crippen LogP contribution >= 0.6 is 20.1 Å². The zero-order chi connectivity index (χ0) is 4.50. The molecule has 0 aromatic heterocycles. The van der Waals surface area contributed by atoms with Crippen LogP contribution in [0.2, 0.25) is 0 Å². The van der Waals surface area contributed by atoms with Crippen molar-refractivity contribution in [1.29, 1.82) is 0 Å². The molecule has 0 aliphatic heterocycles. The number of rotatable bonds is 0. The van der Waals surface area contributed by atoms with Gasteiger partial charge >= 0.3 is 42.9 Å². The molecule has 0 saturated carbocycles. The summed E-state index contributed by atoms with van der Waals surface area (Å²) in [7, 11) is -4.66. The molecule has 6 heavy (non-hydrogen) atoms. The molecule has 0 saturated heterocycles. The molecule has 0 N–H and O–H groups in total. The summed E-state index contributed by atoms with van der Waals surface area (Å²) in [6.07, 6.45) is 0. The van der Waals surface area contributed by atoms with Gasteiger partial charge in [-0.05, 0) is 0 Å². The van der Waals surface area contributed by atoms with Crippen molar-refractivity contribution in [1.82, 2.24) is 0 Å². The monoisotopic (exact) mass is 357 g/mol. The number of hydrogen-bond acceptors (Lipinski definition) is 3. The molecule has 0 bridgehead atoms. The van der Waals surface area contributed by atoms with Crippen LogP contribution in [0.15, 0.2) is 0 Å². The Bertz CT molecular complexity index is 56.9. The van der Waals surface area contributed by atoms with Crippen LogP contribution in [0.5, 0.6) is 0 Å². The van der Waals surface area contributed by atoms with E-state index in [1.54, 1.807) is 0 Å². The van der Waals surface area contributed by atoms with Gasteiger partial charge in [-0.15, -0.1) is 0 Å². The van der Waals surface area contributed by atoms with Gasteiger partial charge in [-0.3, -0.25) is 0 Å². The quantitative estimate of drug-likeness (QED) is 0.372. The van der Waals surface area contributed by atoms with E-state index in [4.69, 9.17) is 11.9 Å². The van der Waals surface area contributed by atoms with E-state index in [-0.39, 0.29) is 22.4 Å². The molecule has 0 spiro atoms. The molecular formula is AgAsIO3-2. The van der Waals surface area contributed by atoms with Crippen molar-refractivity contribution in [3.05, 3.63) is 0 Å². The first-order chi connectivity index (χ1) is 2.00. The summed E-state index contributed by atoms with van der Waals surface area (Å²) in [4.78, 5) is 0. The number of hydrogen-bond donors (Lipinski definition) is 0. The van der Waals surface area contributed by atoms with E-state index < -0.39 is 10.8 Å². The van der Waals surface area contributed by atoms with Gasteiger partial charge in [0.1, 0.15) is 0 Å². The Morgan fingerprint density at radius 1 is 1.50 bits per heavy atom. The maximum absolute atomic E-state index is 9.15. The second kappa shape index (κ2) is 3.71. The van der Waals surface area contributed by atoms with E-state index in [2.05, 4.69) is 0 Å². The first-order valence-corrected chi connectivity index (χ1v) is 8.74. The van der Waals surface area contributed by atoms with Crippen molar-refractivity contribution in [3.63, 3.8) is 0 Å². The summed E-state index contributed by atoms with van der Waals surface area (Å²) >= 11 is 0.883. The topological polar surface area (TPSA) is 63.2 Å². The third kappa shape index (κ3) is 42.4. The maximum Gasteiger partial charge on any atom is 0 e. The van der Waals surface area contributed by atoms with E-state index in [0.29, 0.717) is 0 Å². The molecule has 0 aliphatic rings. The maximum atomic E-state index is 9.15. The SMILES string of the molecule is O=[As]([O-])([O-])I.[Ag]. The van der Waals surface area contributed by atoms with Gasteiger partial charge in [-0.1, -0.05) is 0 Å². The van der Waals surface area contributed by atoms with Crippen molar-refractivity contribution in [3.8, 4) is 0 Å². The second-order valence-corrected chi connectivity index (χ2v) is 8.38. The summed E-state index contributed by atoms with van der Waals surface area (Å²) < 4.78 is 27.5. The van der Waals surface area contributed by atoms with E-state index >= 15 is 0 Å². The van der Waals surface area contributed by atoms with E-state index in [0.717, 1.165) is 20.1 Å². The molecule has 0 aromatic rings. The fraction of sp³-hybridized carbons (Fsp3) is 0. The van der Waals surface area contributed by atoms with Crippen molar-refractivity contribution in [2.24, 2.45) is 0 Å². The molecule has 0 rings (SSSR count). The van der Waals surface area contributed by atoms with Gasteiger partial charge < -0.3 is 0 Å². The molecule has 0 unspecified atom stereocenters. The molecule has 6 heteroatoms. The van der Waals surface area contributed by atoms with Crippen LogP contribution in [-0.2, 0) is 26.1 Å². The van der Waals surface area contributed by atoms with E-state index in [1.165, 1.54) is 0 Å². The minimum absolute atomic E-state index is 0. The summed E-state index contributed by atoms with van der Waals surface area (Å²) in [5.41, 5.74) is 0. The summed E-state index contributed by atoms with van der Waals surface area (Å²) in [6, 6.07) is 0. The van der Waals surface area contributed by atoms with Crippen LogP contribution < -0.4 is 8.19 Å². The number of halogens is 1. The molecule has 0 amide bonds. The van der Waals surface area contributed by atoms with Crippen LogP contribution in [-0.4, -0.2) is 10.8 Å². The zero-order valence-electron chi connectivity index (χ0n) is 2.35. The normalized spacial score (nSPS) is 9.83. The molecule has 0 fully saturated rings. The van der Waals surface area contributed by atoms with Gasteiger partial charge in [0.15, 0.2) is 0 Å². The van der Waals surface area contributed by atoms with Crippen LogP contribution in [0, 0.1) is 0 Å².